The molecule has 0 unspecified atom stereocenters. The number of methoxy groups -OCH3 is 1. The van der Waals surface area contributed by atoms with Crippen LogP contribution in [0.25, 0.3) is 17.0 Å². The quantitative estimate of drug-likeness (QED) is 0.459. The number of ether oxygens (including phenoxy) is 2. The summed E-state index contributed by atoms with van der Waals surface area (Å²) < 4.78 is 16.5. The van der Waals surface area contributed by atoms with Gasteiger partial charge in [-0.15, -0.1) is 0 Å². The van der Waals surface area contributed by atoms with Crippen LogP contribution in [-0.4, -0.2) is 32.0 Å². The van der Waals surface area contributed by atoms with Gasteiger partial charge >= 0.3 is 0 Å². The van der Waals surface area contributed by atoms with E-state index in [-0.39, 0.29) is 18.3 Å². The van der Waals surface area contributed by atoms with Crippen molar-refractivity contribution < 1.29 is 23.5 Å². The fourth-order valence-corrected chi connectivity index (χ4v) is 2.96. The molecule has 0 bridgehead atoms. The Morgan fingerprint density at radius 2 is 1.93 bits per heavy atom. The molecule has 29 heavy (non-hydrogen) atoms. The van der Waals surface area contributed by atoms with Crippen molar-refractivity contribution in [1.29, 1.82) is 0 Å². The van der Waals surface area contributed by atoms with Crippen LogP contribution < -0.4 is 14.8 Å². The highest BCUT2D eigenvalue weighted by Crippen LogP contribution is 2.29. The van der Waals surface area contributed by atoms with Gasteiger partial charge < -0.3 is 19.2 Å². The van der Waals surface area contributed by atoms with Crippen molar-refractivity contribution in [3.8, 4) is 11.5 Å². The third-order valence-corrected chi connectivity index (χ3v) is 4.42. The molecule has 0 saturated heterocycles. The van der Waals surface area contributed by atoms with Gasteiger partial charge in [-0.2, -0.15) is 0 Å². The van der Waals surface area contributed by atoms with Crippen molar-refractivity contribution in [2.24, 2.45) is 0 Å². The number of hydrogen-bond acceptors (Lipinski definition) is 5. The first-order chi connectivity index (χ1) is 14.0. The molecule has 0 saturated carbocycles. The summed E-state index contributed by atoms with van der Waals surface area (Å²) in [6, 6.07) is 12.8. The van der Waals surface area contributed by atoms with E-state index in [0.717, 1.165) is 16.5 Å². The maximum atomic E-state index is 12.6. The minimum absolute atomic E-state index is 0.0940. The normalized spacial score (nSPS) is 11.0. The van der Waals surface area contributed by atoms with Crippen molar-refractivity contribution in [3.63, 3.8) is 0 Å². The van der Waals surface area contributed by atoms with Crippen LogP contribution in [0.1, 0.15) is 28.6 Å². The Bertz CT molecular complexity index is 1060. The predicted molar refractivity (Wildman–Crippen MR) is 111 cm³/mol. The second kappa shape index (κ2) is 9.10. The number of furan rings is 1. The zero-order chi connectivity index (χ0) is 20.8. The molecule has 6 nitrogen and oxygen atoms in total. The molecule has 1 heterocycles. The van der Waals surface area contributed by atoms with E-state index >= 15 is 0 Å². The molecule has 3 aromatic rings. The maximum Gasteiger partial charge on any atom is 0.257 e. The van der Waals surface area contributed by atoms with Crippen LogP contribution in [0.3, 0.4) is 0 Å². The monoisotopic (exact) mass is 393 g/mol. The number of carbonyl (C=O) groups excluding carboxylic acids is 2. The minimum atomic E-state index is -0.214. The van der Waals surface area contributed by atoms with Crippen molar-refractivity contribution in [2.45, 2.75) is 13.8 Å². The lowest BCUT2D eigenvalue weighted by Gasteiger charge is -2.11. The van der Waals surface area contributed by atoms with E-state index in [1.54, 1.807) is 24.3 Å². The largest absolute Gasteiger partial charge is 0.493 e. The standard InChI is InChI=1S/C23H23NO5/c1-4-24-22(26)14-28-20-12-10-16(13-21(20)27-3)9-11-18(25)23-15(2)17-7-5-6-8-19(17)29-23/h5-13H,4,14H2,1-3H3,(H,24,26)/b11-9+. The van der Waals surface area contributed by atoms with Gasteiger partial charge in [0.05, 0.1) is 7.11 Å². The van der Waals surface area contributed by atoms with Crippen LogP contribution in [0.5, 0.6) is 11.5 Å². The molecule has 0 aliphatic carbocycles. The Hall–Kier alpha value is -3.54. The molecule has 1 amide bonds. The van der Waals surface area contributed by atoms with E-state index in [2.05, 4.69) is 5.32 Å². The fraction of sp³-hybridized carbons (Fsp3) is 0.217. The van der Waals surface area contributed by atoms with Gasteiger partial charge in [0.25, 0.3) is 5.91 Å². The van der Waals surface area contributed by atoms with Gasteiger partial charge in [-0.1, -0.05) is 30.3 Å². The number of para-hydroxylation sites is 1. The van der Waals surface area contributed by atoms with E-state index in [4.69, 9.17) is 13.9 Å². The van der Waals surface area contributed by atoms with Gasteiger partial charge in [-0.3, -0.25) is 9.59 Å². The van der Waals surface area contributed by atoms with Crippen LogP contribution in [0, 0.1) is 6.92 Å². The number of fused-ring (bicyclic) bond motifs is 1. The topological polar surface area (TPSA) is 77.8 Å². The van der Waals surface area contributed by atoms with Crippen molar-refractivity contribution in [3.05, 3.63) is 65.4 Å². The van der Waals surface area contributed by atoms with E-state index in [0.29, 0.717) is 29.4 Å². The SMILES string of the molecule is CCNC(=O)COc1ccc(/C=C/C(=O)c2oc3ccccc3c2C)cc1OC. The summed E-state index contributed by atoms with van der Waals surface area (Å²) in [6.07, 6.45) is 3.15. The highest BCUT2D eigenvalue weighted by molar-refractivity contribution is 6.08. The maximum absolute atomic E-state index is 12.6. The van der Waals surface area contributed by atoms with Crippen LogP contribution >= 0.6 is 0 Å². The molecule has 0 aliphatic heterocycles. The van der Waals surface area contributed by atoms with E-state index in [1.807, 2.05) is 38.1 Å². The first kappa shape index (κ1) is 20.2. The minimum Gasteiger partial charge on any atom is -0.493 e. The number of likely N-dealkylation sites (N-methyl/N-ethyl adjacent to an activating group) is 1. The first-order valence-electron chi connectivity index (χ1n) is 9.31. The molecule has 0 atom stereocenters. The van der Waals surface area contributed by atoms with Gasteiger partial charge in [0.2, 0.25) is 5.78 Å². The third kappa shape index (κ3) is 4.66. The van der Waals surface area contributed by atoms with Gasteiger partial charge in [0, 0.05) is 17.5 Å². The molecule has 0 aliphatic rings. The Labute approximate surface area is 169 Å². The third-order valence-electron chi connectivity index (χ3n) is 4.42. The van der Waals surface area contributed by atoms with E-state index in [9.17, 15) is 9.59 Å². The number of nitrogens with one attached hydrogen (secondary N) is 1. The average Bonchev–Trinajstić information content (AvgIpc) is 3.08. The molecule has 150 valence electrons. The Balaban J connectivity index is 1.75. The predicted octanol–water partition coefficient (Wildman–Crippen LogP) is 4.16. The highest BCUT2D eigenvalue weighted by Gasteiger charge is 2.15. The summed E-state index contributed by atoms with van der Waals surface area (Å²) in [4.78, 5) is 24.1. The lowest BCUT2D eigenvalue weighted by molar-refractivity contribution is -0.123. The molecular formula is C23H23NO5. The first-order valence-corrected chi connectivity index (χ1v) is 9.31. The fourth-order valence-electron chi connectivity index (χ4n) is 2.96. The number of allylic oxidation sites excluding steroid dienone is 1. The van der Waals surface area contributed by atoms with Gasteiger partial charge in [0.1, 0.15) is 5.58 Å². The molecule has 0 radical (unpaired) electrons. The molecule has 1 N–H and O–H groups in total. The second-order valence-electron chi connectivity index (χ2n) is 6.40. The van der Waals surface area contributed by atoms with Crippen molar-refractivity contribution >= 4 is 28.7 Å². The highest BCUT2D eigenvalue weighted by atomic mass is 16.5. The lowest BCUT2D eigenvalue weighted by atomic mass is 10.1. The summed E-state index contributed by atoms with van der Waals surface area (Å²) in [5.74, 6) is 0.843. The van der Waals surface area contributed by atoms with Gasteiger partial charge in [-0.05, 0) is 43.7 Å². The van der Waals surface area contributed by atoms with E-state index in [1.165, 1.54) is 13.2 Å². The summed E-state index contributed by atoms with van der Waals surface area (Å²) in [5, 5.41) is 3.59. The number of hydrogen-bond donors (Lipinski definition) is 1. The molecule has 0 spiro atoms. The second-order valence-corrected chi connectivity index (χ2v) is 6.40. The number of ketones is 1. The van der Waals surface area contributed by atoms with Crippen molar-refractivity contribution in [2.75, 3.05) is 20.3 Å². The zero-order valence-electron chi connectivity index (χ0n) is 16.7. The van der Waals surface area contributed by atoms with E-state index < -0.39 is 0 Å². The molecule has 3 rings (SSSR count). The van der Waals surface area contributed by atoms with Crippen LogP contribution in [0.15, 0.2) is 53.0 Å². The number of rotatable bonds is 8. The van der Waals surface area contributed by atoms with Crippen LogP contribution in [0.4, 0.5) is 0 Å². The lowest BCUT2D eigenvalue weighted by Crippen LogP contribution is -2.28. The molecule has 2 aromatic carbocycles. The van der Waals surface area contributed by atoms with Gasteiger partial charge in [0.15, 0.2) is 23.9 Å². The Morgan fingerprint density at radius 3 is 2.66 bits per heavy atom. The zero-order valence-corrected chi connectivity index (χ0v) is 16.7. The average molecular weight is 393 g/mol. The molecule has 0 fully saturated rings. The number of aryl methyl sites for hydroxylation is 1. The molecule has 6 heteroatoms. The number of benzene rings is 2. The smallest absolute Gasteiger partial charge is 0.257 e. The molecule has 1 aromatic heterocycles. The summed E-state index contributed by atoms with van der Waals surface area (Å²) in [6.45, 7) is 4.16. The Morgan fingerprint density at radius 1 is 1.14 bits per heavy atom. The van der Waals surface area contributed by atoms with Gasteiger partial charge in [-0.25, -0.2) is 0 Å². The van der Waals surface area contributed by atoms with Crippen LogP contribution in [0.2, 0.25) is 0 Å². The van der Waals surface area contributed by atoms with Crippen LogP contribution in [-0.2, 0) is 4.79 Å². The summed E-state index contributed by atoms with van der Waals surface area (Å²) in [7, 11) is 1.52. The summed E-state index contributed by atoms with van der Waals surface area (Å²) in [5.41, 5.74) is 2.27. The molecular weight excluding hydrogens is 370 g/mol. The summed E-state index contributed by atoms with van der Waals surface area (Å²) >= 11 is 0. The van der Waals surface area contributed by atoms with Crippen molar-refractivity contribution in [1.82, 2.24) is 5.32 Å². The number of amides is 1. The Kier molecular flexibility index (Phi) is 6.34. The number of carbonyl (C=O) groups is 2.